The van der Waals surface area contributed by atoms with Crippen molar-refractivity contribution in [3.8, 4) is 0 Å². The highest BCUT2D eigenvalue weighted by molar-refractivity contribution is 6.42. The van der Waals surface area contributed by atoms with Crippen LogP contribution in [-0.2, 0) is 6.42 Å². The van der Waals surface area contributed by atoms with Crippen molar-refractivity contribution >= 4 is 23.2 Å². The van der Waals surface area contributed by atoms with Crippen LogP contribution in [0, 0.1) is 0 Å². The number of fused-ring (bicyclic) bond motifs is 1. The molecule has 1 aromatic carbocycles. The Kier molecular flexibility index (Phi) is 4.31. The number of benzene rings is 1. The summed E-state index contributed by atoms with van der Waals surface area (Å²) in [7, 11) is 0. The largest absolute Gasteiger partial charge is 0.395 e. The van der Waals surface area contributed by atoms with Crippen molar-refractivity contribution in [1.29, 1.82) is 0 Å². The fourth-order valence-electron chi connectivity index (χ4n) is 2.39. The Balaban J connectivity index is 2.20. The summed E-state index contributed by atoms with van der Waals surface area (Å²) in [6.45, 7) is 2.24. The van der Waals surface area contributed by atoms with Gasteiger partial charge < -0.3 is 10.4 Å². The molecule has 0 radical (unpaired) electrons. The number of nitrogens with one attached hydrogen (secondary N) is 1. The highest BCUT2D eigenvalue weighted by atomic mass is 35.5. The van der Waals surface area contributed by atoms with Gasteiger partial charge >= 0.3 is 0 Å². The summed E-state index contributed by atoms with van der Waals surface area (Å²) < 4.78 is 0. The molecule has 1 aliphatic carbocycles. The van der Waals surface area contributed by atoms with E-state index in [9.17, 15) is 5.11 Å². The van der Waals surface area contributed by atoms with Crippen LogP contribution in [0.25, 0.3) is 0 Å². The first-order chi connectivity index (χ1) is 8.17. The van der Waals surface area contributed by atoms with Gasteiger partial charge in [0.15, 0.2) is 0 Å². The van der Waals surface area contributed by atoms with E-state index in [1.54, 1.807) is 0 Å². The molecular weight excluding hydrogens is 257 g/mol. The first kappa shape index (κ1) is 13.2. The molecule has 0 aliphatic heterocycles. The van der Waals surface area contributed by atoms with Gasteiger partial charge in [-0.1, -0.05) is 36.2 Å². The standard InChI is InChI=1S/C13H17Cl2NO/c1-2-8(7-17)16-12-6-4-10-9(12)3-5-11(14)13(10)15/h3,5,8,12,16-17H,2,4,6-7H2,1H3. The van der Waals surface area contributed by atoms with Gasteiger partial charge in [0.2, 0.25) is 0 Å². The molecule has 0 aromatic heterocycles. The molecule has 1 aromatic rings. The van der Waals surface area contributed by atoms with Crippen LogP contribution in [0.5, 0.6) is 0 Å². The Bertz CT molecular complexity index is 405. The average Bonchev–Trinajstić information content (AvgIpc) is 2.74. The van der Waals surface area contributed by atoms with Crippen LogP contribution in [0.3, 0.4) is 0 Å². The molecule has 1 aliphatic rings. The molecule has 2 unspecified atom stereocenters. The molecule has 0 heterocycles. The Labute approximate surface area is 112 Å². The molecule has 2 N–H and O–H groups in total. The van der Waals surface area contributed by atoms with E-state index in [0.29, 0.717) is 10.0 Å². The first-order valence-electron chi connectivity index (χ1n) is 6.01. The Hall–Kier alpha value is -0.280. The normalized spacial score (nSPS) is 20.4. The van der Waals surface area contributed by atoms with Gasteiger partial charge in [-0.3, -0.25) is 0 Å². The van der Waals surface area contributed by atoms with Gasteiger partial charge in [0.25, 0.3) is 0 Å². The maximum atomic E-state index is 9.22. The minimum absolute atomic E-state index is 0.153. The van der Waals surface area contributed by atoms with Gasteiger partial charge in [-0.05, 0) is 36.5 Å². The molecule has 0 bridgehead atoms. The number of rotatable bonds is 4. The van der Waals surface area contributed by atoms with Crippen molar-refractivity contribution < 1.29 is 5.11 Å². The van der Waals surface area contributed by atoms with E-state index in [0.717, 1.165) is 24.8 Å². The van der Waals surface area contributed by atoms with Crippen molar-refractivity contribution in [2.24, 2.45) is 0 Å². The molecule has 0 saturated heterocycles. The molecule has 4 heteroatoms. The van der Waals surface area contributed by atoms with Crippen molar-refractivity contribution in [1.82, 2.24) is 5.32 Å². The zero-order valence-electron chi connectivity index (χ0n) is 9.84. The van der Waals surface area contributed by atoms with Crippen molar-refractivity contribution in [3.63, 3.8) is 0 Å². The summed E-state index contributed by atoms with van der Waals surface area (Å²) >= 11 is 12.2. The van der Waals surface area contributed by atoms with Gasteiger partial charge in [-0.15, -0.1) is 0 Å². The first-order valence-corrected chi connectivity index (χ1v) is 6.76. The predicted molar refractivity (Wildman–Crippen MR) is 71.8 cm³/mol. The fourth-order valence-corrected chi connectivity index (χ4v) is 2.83. The second-order valence-corrected chi connectivity index (χ2v) is 5.26. The number of hydrogen-bond donors (Lipinski definition) is 2. The lowest BCUT2D eigenvalue weighted by atomic mass is 10.1. The van der Waals surface area contributed by atoms with E-state index in [-0.39, 0.29) is 18.7 Å². The van der Waals surface area contributed by atoms with Crippen molar-refractivity contribution in [2.45, 2.75) is 38.3 Å². The third-order valence-electron chi connectivity index (χ3n) is 3.44. The fraction of sp³-hybridized carbons (Fsp3) is 0.538. The molecule has 0 saturated carbocycles. The molecule has 0 amide bonds. The molecule has 17 heavy (non-hydrogen) atoms. The summed E-state index contributed by atoms with van der Waals surface area (Å²) in [5, 5.41) is 14.0. The van der Waals surface area contributed by atoms with Gasteiger partial charge in [-0.2, -0.15) is 0 Å². The zero-order valence-corrected chi connectivity index (χ0v) is 11.4. The predicted octanol–water partition coefficient (Wildman–Crippen LogP) is 3.34. The molecule has 0 fully saturated rings. The van der Waals surface area contributed by atoms with Crippen LogP contribution >= 0.6 is 23.2 Å². The van der Waals surface area contributed by atoms with Gasteiger partial charge in [-0.25, -0.2) is 0 Å². The van der Waals surface area contributed by atoms with Crippen molar-refractivity contribution in [3.05, 3.63) is 33.3 Å². The number of hydrogen-bond acceptors (Lipinski definition) is 2. The molecular formula is C13H17Cl2NO. The second kappa shape index (κ2) is 5.57. The zero-order chi connectivity index (χ0) is 12.4. The quantitative estimate of drug-likeness (QED) is 0.882. The Morgan fingerprint density at radius 3 is 2.88 bits per heavy atom. The Morgan fingerprint density at radius 1 is 1.47 bits per heavy atom. The maximum Gasteiger partial charge on any atom is 0.0627 e. The highest BCUT2D eigenvalue weighted by Gasteiger charge is 2.26. The van der Waals surface area contributed by atoms with E-state index >= 15 is 0 Å². The summed E-state index contributed by atoms with van der Waals surface area (Å²) in [5.74, 6) is 0. The topological polar surface area (TPSA) is 32.3 Å². The monoisotopic (exact) mass is 273 g/mol. The third-order valence-corrected chi connectivity index (χ3v) is 4.28. The molecule has 2 atom stereocenters. The van der Waals surface area contributed by atoms with Gasteiger partial charge in [0.05, 0.1) is 16.7 Å². The number of aliphatic hydroxyl groups is 1. The van der Waals surface area contributed by atoms with Crippen LogP contribution in [0.2, 0.25) is 10.0 Å². The van der Waals surface area contributed by atoms with Gasteiger partial charge in [0, 0.05) is 12.1 Å². The van der Waals surface area contributed by atoms with Crippen LogP contribution in [0.4, 0.5) is 0 Å². The summed E-state index contributed by atoms with van der Waals surface area (Å²) in [6.07, 6.45) is 2.89. The van der Waals surface area contributed by atoms with Gasteiger partial charge in [0.1, 0.15) is 0 Å². The van der Waals surface area contributed by atoms with Crippen molar-refractivity contribution in [2.75, 3.05) is 6.61 Å². The molecule has 2 nitrogen and oxygen atoms in total. The molecule has 0 spiro atoms. The minimum atomic E-state index is 0.153. The number of halogens is 2. The number of aliphatic hydroxyl groups excluding tert-OH is 1. The second-order valence-electron chi connectivity index (χ2n) is 4.47. The Morgan fingerprint density at radius 2 is 2.24 bits per heavy atom. The van der Waals surface area contributed by atoms with Crippen LogP contribution < -0.4 is 5.32 Å². The van der Waals surface area contributed by atoms with Crippen LogP contribution in [0.1, 0.15) is 36.9 Å². The van der Waals surface area contributed by atoms with E-state index in [1.165, 1.54) is 5.56 Å². The lowest BCUT2D eigenvalue weighted by molar-refractivity contribution is 0.227. The highest BCUT2D eigenvalue weighted by Crippen LogP contribution is 2.39. The summed E-state index contributed by atoms with van der Waals surface area (Å²) in [6, 6.07) is 4.33. The lowest BCUT2D eigenvalue weighted by Crippen LogP contribution is -2.34. The summed E-state index contributed by atoms with van der Waals surface area (Å²) in [5.41, 5.74) is 2.38. The van der Waals surface area contributed by atoms with E-state index < -0.39 is 0 Å². The van der Waals surface area contributed by atoms with Crippen LogP contribution in [-0.4, -0.2) is 17.8 Å². The van der Waals surface area contributed by atoms with E-state index in [2.05, 4.69) is 12.2 Å². The average molecular weight is 274 g/mol. The van der Waals surface area contributed by atoms with Crippen LogP contribution in [0.15, 0.2) is 12.1 Å². The molecule has 2 rings (SSSR count). The summed E-state index contributed by atoms with van der Waals surface area (Å²) in [4.78, 5) is 0. The SMILES string of the molecule is CCC(CO)NC1CCc2c1ccc(Cl)c2Cl. The molecule has 94 valence electrons. The van der Waals surface area contributed by atoms with E-state index in [4.69, 9.17) is 23.2 Å². The maximum absolute atomic E-state index is 9.22. The minimum Gasteiger partial charge on any atom is -0.395 e. The van der Waals surface area contributed by atoms with E-state index in [1.807, 2.05) is 12.1 Å². The lowest BCUT2D eigenvalue weighted by Gasteiger charge is -2.21. The third kappa shape index (κ3) is 2.60. The smallest absolute Gasteiger partial charge is 0.0627 e.